The largest absolute Gasteiger partial charge is 0.496 e. The fourth-order valence-corrected chi connectivity index (χ4v) is 6.36. The number of para-hydroxylation sites is 1. The summed E-state index contributed by atoms with van der Waals surface area (Å²) in [5.41, 5.74) is 1.49. The lowest BCUT2D eigenvalue weighted by molar-refractivity contribution is -0.126. The van der Waals surface area contributed by atoms with Crippen molar-refractivity contribution in [1.82, 2.24) is 9.62 Å². The Bertz CT molecular complexity index is 1220. The van der Waals surface area contributed by atoms with E-state index in [9.17, 15) is 18.0 Å². The van der Waals surface area contributed by atoms with Gasteiger partial charge in [-0.1, -0.05) is 18.2 Å². The lowest BCUT2D eigenvalue weighted by atomic mass is 9.86. The molecule has 2 heterocycles. The van der Waals surface area contributed by atoms with Crippen molar-refractivity contribution in [2.75, 3.05) is 32.1 Å². The molecule has 1 N–H and O–H groups in total. The molecule has 0 saturated carbocycles. The zero-order valence-corrected chi connectivity index (χ0v) is 20.8. The van der Waals surface area contributed by atoms with Crippen LogP contribution in [0.1, 0.15) is 37.8 Å². The summed E-state index contributed by atoms with van der Waals surface area (Å²) in [6, 6.07) is 12.3. The quantitative estimate of drug-likeness (QED) is 0.679. The fourth-order valence-electron chi connectivity index (χ4n) is 4.81. The molecular formula is C25H31N3O5S. The number of hydrogen-bond donors (Lipinski definition) is 1. The van der Waals surface area contributed by atoms with Crippen molar-refractivity contribution in [3.8, 4) is 5.75 Å². The summed E-state index contributed by atoms with van der Waals surface area (Å²) >= 11 is 0. The van der Waals surface area contributed by atoms with Gasteiger partial charge in [0.1, 0.15) is 5.75 Å². The number of methoxy groups -OCH3 is 1. The van der Waals surface area contributed by atoms with Crippen molar-refractivity contribution >= 4 is 27.5 Å². The number of ether oxygens (including phenoxy) is 1. The first kappa shape index (κ1) is 24.2. The maximum atomic E-state index is 13.5. The van der Waals surface area contributed by atoms with E-state index in [1.165, 1.54) is 4.31 Å². The molecule has 9 heteroatoms. The maximum absolute atomic E-state index is 13.5. The number of piperidine rings is 1. The van der Waals surface area contributed by atoms with Crippen LogP contribution in [0, 0.1) is 5.92 Å². The Morgan fingerprint density at radius 2 is 1.94 bits per heavy atom. The first-order valence-electron chi connectivity index (χ1n) is 11.4. The topological polar surface area (TPSA) is 96.0 Å². The molecule has 0 aliphatic carbocycles. The Kier molecular flexibility index (Phi) is 6.44. The van der Waals surface area contributed by atoms with Gasteiger partial charge in [-0.05, 0) is 56.5 Å². The molecule has 0 bridgehead atoms. The molecule has 2 amide bonds. The van der Waals surface area contributed by atoms with Gasteiger partial charge in [-0.2, -0.15) is 4.31 Å². The van der Waals surface area contributed by atoms with Crippen molar-refractivity contribution in [3.63, 3.8) is 0 Å². The second-order valence-corrected chi connectivity index (χ2v) is 11.3. The highest BCUT2D eigenvalue weighted by molar-refractivity contribution is 7.89. The molecule has 0 radical (unpaired) electrons. The summed E-state index contributed by atoms with van der Waals surface area (Å²) in [6.07, 6.45) is 1.23. The number of carbonyl (C=O) groups is 2. The highest BCUT2D eigenvalue weighted by Crippen LogP contribution is 2.42. The highest BCUT2D eigenvalue weighted by Gasteiger charge is 2.43. The van der Waals surface area contributed by atoms with E-state index < -0.39 is 21.4 Å². The molecule has 182 valence electrons. The van der Waals surface area contributed by atoms with Crippen molar-refractivity contribution in [2.45, 2.75) is 43.5 Å². The van der Waals surface area contributed by atoms with Crippen molar-refractivity contribution in [2.24, 2.45) is 5.92 Å². The van der Waals surface area contributed by atoms with E-state index in [-0.39, 0.29) is 23.3 Å². The van der Waals surface area contributed by atoms with Gasteiger partial charge in [0, 0.05) is 37.9 Å². The number of rotatable bonds is 6. The molecule has 2 aromatic rings. The second kappa shape index (κ2) is 9.03. The number of nitrogens with zero attached hydrogens (tertiary/aromatic N) is 2. The van der Waals surface area contributed by atoms with Crippen LogP contribution in [0.15, 0.2) is 47.4 Å². The molecule has 2 aromatic carbocycles. The SMILES string of the molecule is COc1ccccc1CNC(=O)C1CCCN(S(=O)(=O)c2ccc3c(c2)C(C)(C)C(=O)N3C)C1. The molecule has 1 atom stereocenters. The Hall–Kier alpha value is -2.91. The number of carbonyl (C=O) groups excluding carboxylic acids is 2. The Morgan fingerprint density at radius 3 is 2.68 bits per heavy atom. The first-order valence-corrected chi connectivity index (χ1v) is 12.8. The van der Waals surface area contributed by atoms with Crippen LogP contribution in [-0.4, -0.2) is 51.8 Å². The van der Waals surface area contributed by atoms with Gasteiger partial charge >= 0.3 is 0 Å². The van der Waals surface area contributed by atoms with Crippen LogP contribution < -0.4 is 15.0 Å². The van der Waals surface area contributed by atoms with E-state index in [0.717, 1.165) is 11.3 Å². The van der Waals surface area contributed by atoms with Crippen LogP contribution in [0.25, 0.3) is 0 Å². The lowest BCUT2D eigenvalue weighted by Crippen LogP contribution is -2.45. The van der Waals surface area contributed by atoms with Crippen LogP contribution in [0.3, 0.4) is 0 Å². The van der Waals surface area contributed by atoms with E-state index in [1.54, 1.807) is 51.1 Å². The number of hydrogen-bond acceptors (Lipinski definition) is 5. The zero-order chi connectivity index (χ0) is 24.7. The predicted octanol–water partition coefficient (Wildman–Crippen LogP) is 2.67. The molecule has 4 rings (SSSR count). The Balaban J connectivity index is 1.49. The summed E-state index contributed by atoms with van der Waals surface area (Å²) < 4.78 is 33.7. The molecule has 2 aliphatic heterocycles. The Labute approximate surface area is 200 Å². The third-order valence-corrected chi connectivity index (χ3v) is 8.74. The lowest BCUT2D eigenvalue weighted by Gasteiger charge is -2.31. The van der Waals surface area contributed by atoms with Crippen LogP contribution >= 0.6 is 0 Å². The van der Waals surface area contributed by atoms with E-state index in [0.29, 0.717) is 37.2 Å². The van der Waals surface area contributed by atoms with Crippen molar-refractivity contribution in [3.05, 3.63) is 53.6 Å². The minimum absolute atomic E-state index is 0.0678. The molecule has 0 spiro atoms. The molecule has 8 nitrogen and oxygen atoms in total. The standard InChI is InChI=1S/C25H31N3O5S/c1-25(2)20-14-19(11-12-21(20)27(3)24(25)30)34(31,32)28-13-7-9-18(16-28)23(29)26-15-17-8-5-6-10-22(17)33-4/h5-6,8,10-12,14,18H,7,9,13,15-16H2,1-4H3,(H,26,29). The normalized spacial score (nSPS) is 20.2. The molecule has 34 heavy (non-hydrogen) atoms. The van der Waals surface area contributed by atoms with Gasteiger partial charge in [0.25, 0.3) is 0 Å². The molecule has 1 unspecified atom stereocenters. The van der Waals surface area contributed by atoms with Gasteiger partial charge in [-0.3, -0.25) is 9.59 Å². The summed E-state index contributed by atoms with van der Waals surface area (Å²) in [4.78, 5) is 27.2. The zero-order valence-electron chi connectivity index (χ0n) is 20.0. The monoisotopic (exact) mass is 485 g/mol. The smallest absolute Gasteiger partial charge is 0.243 e. The third kappa shape index (κ3) is 4.18. The average Bonchev–Trinajstić information content (AvgIpc) is 3.02. The summed E-state index contributed by atoms with van der Waals surface area (Å²) in [5, 5.41) is 2.93. The number of anilines is 1. The van der Waals surface area contributed by atoms with E-state index in [2.05, 4.69) is 5.32 Å². The molecule has 1 fully saturated rings. The number of benzene rings is 2. The molecule has 1 saturated heterocycles. The minimum Gasteiger partial charge on any atom is -0.496 e. The molecule has 2 aliphatic rings. The second-order valence-electron chi connectivity index (χ2n) is 9.40. The average molecular weight is 486 g/mol. The van der Waals surface area contributed by atoms with Gasteiger partial charge in [0.15, 0.2) is 0 Å². The van der Waals surface area contributed by atoms with Crippen LogP contribution in [-0.2, 0) is 31.6 Å². The summed E-state index contributed by atoms with van der Waals surface area (Å²) in [7, 11) is -0.530. The molecular weight excluding hydrogens is 454 g/mol. The van der Waals surface area contributed by atoms with Gasteiger partial charge < -0.3 is 15.0 Å². The van der Waals surface area contributed by atoms with Crippen LogP contribution in [0.4, 0.5) is 5.69 Å². The molecule has 0 aromatic heterocycles. The number of nitrogens with one attached hydrogen (secondary N) is 1. The van der Waals surface area contributed by atoms with E-state index in [4.69, 9.17) is 4.74 Å². The van der Waals surface area contributed by atoms with Gasteiger partial charge in [-0.25, -0.2) is 8.42 Å². The predicted molar refractivity (Wildman–Crippen MR) is 129 cm³/mol. The Morgan fingerprint density at radius 1 is 1.21 bits per heavy atom. The number of amides is 2. The maximum Gasteiger partial charge on any atom is 0.243 e. The van der Waals surface area contributed by atoms with E-state index in [1.807, 2.05) is 24.3 Å². The number of fused-ring (bicyclic) bond motifs is 1. The first-order chi connectivity index (χ1) is 16.1. The van der Waals surface area contributed by atoms with Crippen LogP contribution in [0.5, 0.6) is 5.75 Å². The van der Waals surface area contributed by atoms with Crippen molar-refractivity contribution in [1.29, 1.82) is 0 Å². The number of likely N-dealkylation sites (N-methyl/N-ethyl adjacent to an activating group) is 1. The summed E-state index contributed by atoms with van der Waals surface area (Å²) in [5.74, 6) is 0.0195. The fraction of sp³-hybridized carbons (Fsp3) is 0.440. The summed E-state index contributed by atoms with van der Waals surface area (Å²) in [6.45, 7) is 4.40. The van der Waals surface area contributed by atoms with Gasteiger partial charge in [0.2, 0.25) is 21.8 Å². The third-order valence-electron chi connectivity index (χ3n) is 6.88. The van der Waals surface area contributed by atoms with Gasteiger partial charge in [-0.15, -0.1) is 0 Å². The van der Waals surface area contributed by atoms with Gasteiger partial charge in [0.05, 0.1) is 23.3 Å². The number of sulfonamides is 1. The van der Waals surface area contributed by atoms with Crippen LogP contribution in [0.2, 0.25) is 0 Å². The minimum atomic E-state index is -3.81. The highest BCUT2D eigenvalue weighted by atomic mass is 32.2. The van der Waals surface area contributed by atoms with Crippen molar-refractivity contribution < 1.29 is 22.7 Å². The van der Waals surface area contributed by atoms with E-state index >= 15 is 0 Å².